The van der Waals surface area contributed by atoms with E-state index in [4.69, 9.17) is 0 Å². The van der Waals surface area contributed by atoms with Crippen molar-refractivity contribution in [2.24, 2.45) is 0 Å². The maximum Gasteiger partial charge on any atom is 0.234 e. The van der Waals surface area contributed by atoms with Gasteiger partial charge in [-0.2, -0.15) is 0 Å². The van der Waals surface area contributed by atoms with E-state index < -0.39 is 0 Å². The molecule has 76 valence electrons. The highest BCUT2D eigenvalue weighted by atomic mass is 127. The van der Waals surface area contributed by atoms with Gasteiger partial charge in [0.15, 0.2) is 0 Å². The van der Waals surface area contributed by atoms with Gasteiger partial charge in [0.2, 0.25) is 5.91 Å². The topological polar surface area (TPSA) is 29.1 Å². The van der Waals surface area contributed by atoms with E-state index in [-0.39, 0.29) is 5.91 Å². The summed E-state index contributed by atoms with van der Waals surface area (Å²) in [7, 11) is 0. The number of aryl methyl sites for hydroxylation is 1. The summed E-state index contributed by atoms with van der Waals surface area (Å²) in [6.07, 6.45) is 2.25. The SMILES string of the molecule is CCCc1ccc(NC(=O)CI)cc1. The van der Waals surface area contributed by atoms with Gasteiger partial charge in [-0.05, 0) is 24.1 Å². The van der Waals surface area contributed by atoms with Crippen molar-refractivity contribution in [2.45, 2.75) is 19.8 Å². The molecule has 1 aromatic rings. The second-order valence-electron chi connectivity index (χ2n) is 3.13. The third-order valence-electron chi connectivity index (χ3n) is 1.90. The van der Waals surface area contributed by atoms with Gasteiger partial charge in [-0.25, -0.2) is 0 Å². The van der Waals surface area contributed by atoms with Crippen molar-refractivity contribution in [3.8, 4) is 0 Å². The fourth-order valence-corrected chi connectivity index (χ4v) is 1.43. The van der Waals surface area contributed by atoms with E-state index in [0.29, 0.717) is 4.43 Å². The molecule has 2 nitrogen and oxygen atoms in total. The summed E-state index contributed by atoms with van der Waals surface area (Å²) >= 11 is 2.05. The summed E-state index contributed by atoms with van der Waals surface area (Å²) in [5, 5.41) is 2.81. The highest BCUT2D eigenvalue weighted by Crippen LogP contribution is 2.10. The number of nitrogens with one attached hydrogen (secondary N) is 1. The average molecular weight is 303 g/mol. The fraction of sp³-hybridized carbons (Fsp3) is 0.364. The lowest BCUT2D eigenvalue weighted by Gasteiger charge is -2.04. The van der Waals surface area contributed by atoms with E-state index >= 15 is 0 Å². The van der Waals surface area contributed by atoms with Crippen LogP contribution in [0.3, 0.4) is 0 Å². The largest absolute Gasteiger partial charge is 0.325 e. The molecule has 1 amide bonds. The zero-order valence-electron chi connectivity index (χ0n) is 8.22. The van der Waals surface area contributed by atoms with Crippen molar-refractivity contribution in [3.63, 3.8) is 0 Å². The summed E-state index contributed by atoms with van der Waals surface area (Å²) in [6, 6.07) is 8.03. The molecule has 0 aliphatic carbocycles. The highest BCUT2D eigenvalue weighted by Gasteiger charge is 1.98. The van der Waals surface area contributed by atoms with Gasteiger partial charge in [0.1, 0.15) is 0 Å². The molecule has 0 radical (unpaired) electrons. The standard InChI is InChI=1S/C11H14INO/c1-2-3-9-4-6-10(7-5-9)13-11(14)8-12/h4-7H,2-3,8H2,1H3,(H,13,14). The quantitative estimate of drug-likeness (QED) is 0.672. The van der Waals surface area contributed by atoms with Crippen molar-refractivity contribution in [3.05, 3.63) is 29.8 Å². The van der Waals surface area contributed by atoms with Gasteiger partial charge in [0, 0.05) is 5.69 Å². The van der Waals surface area contributed by atoms with E-state index in [1.165, 1.54) is 5.56 Å². The number of amides is 1. The molecule has 0 aromatic heterocycles. The number of halogens is 1. The van der Waals surface area contributed by atoms with E-state index in [2.05, 4.69) is 24.4 Å². The molecule has 0 atom stereocenters. The second kappa shape index (κ2) is 6.01. The van der Waals surface area contributed by atoms with Crippen molar-refractivity contribution >= 4 is 34.2 Å². The Hall–Kier alpha value is -0.580. The molecule has 0 aliphatic rings. The molecular formula is C11H14INO. The fourth-order valence-electron chi connectivity index (χ4n) is 1.24. The van der Waals surface area contributed by atoms with Crippen molar-refractivity contribution in [2.75, 3.05) is 9.74 Å². The average Bonchev–Trinajstić information content (AvgIpc) is 2.21. The van der Waals surface area contributed by atoms with Crippen LogP contribution in [0.5, 0.6) is 0 Å². The van der Waals surface area contributed by atoms with Gasteiger partial charge in [-0.3, -0.25) is 4.79 Å². The van der Waals surface area contributed by atoms with Gasteiger partial charge in [-0.1, -0.05) is 48.1 Å². The molecule has 0 fully saturated rings. The Bertz CT molecular complexity index is 295. The Morgan fingerprint density at radius 2 is 2.00 bits per heavy atom. The lowest BCUT2D eigenvalue weighted by Crippen LogP contribution is -2.11. The van der Waals surface area contributed by atoms with Crippen LogP contribution in [-0.4, -0.2) is 10.3 Å². The predicted octanol–water partition coefficient (Wildman–Crippen LogP) is 3.01. The number of carbonyl (C=O) groups is 1. The van der Waals surface area contributed by atoms with Crippen LogP contribution in [0.15, 0.2) is 24.3 Å². The molecule has 0 heterocycles. The molecule has 0 bridgehead atoms. The number of hydrogen-bond donors (Lipinski definition) is 1. The number of alkyl halides is 1. The lowest BCUT2D eigenvalue weighted by molar-refractivity contribution is -0.113. The van der Waals surface area contributed by atoms with E-state index in [1.54, 1.807) is 0 Å². The molecule has 1 N–H and O–H groups in total. The maximum absolute atomic E-state index is 11.1. The van der Waals surface area contributed by atoms with Crippen LogP contribution in [0.2, 0.25) is 0 Å². The summed E-state index contributed by atoms with van der Waals surface area (Å²) in [6.45, 7) is 2.16. The Kier molecular flexibility index (Phi) is 4.93. The molecule has 14 heavy (non-hydrogen) atoms. The third kappa shape index (κ3) is 3.65. The van der Waals surface area contributed by atoms with Gasteiger partial charge in [0.05, 0.1) is 4.43 Å². The molecule has 1 aromatic carbocycles. The predicted molar refractivity (Wildman–Crippen MR) is 68.0 cm³/mol. The number of rotatable bonds is 4. The van der Waals surface area contributed by atoms with Gasteiger partial charge in [0.25, 0.3) is 0 Å². The smallest absolute Gasteiger partial charge is 0.234 e. The first-order valence-electron chi connectivity index (χ1n) is 4.71. The van der Waals surface area contributed by atoms with E-state index in [1.807, 2.05) is 34.7 Å². The lowest BCUT2D eigenvalue weighted by atomic mass is 10.1. The minimum atomic E-state index is 0.0499. The monoisotopic (exact) mass is 303 g/mol. The summed E-state index contributed by atoms with van der Waals surface area (Å²) < 4.78 is 0.495. The number of carbonyl (C=O) groups excluding carboxylic acids is 1. The summed E-state index contributed by atoms with van der Waals surface area (Å²) in [4.78, 5) is 11.1. The van der Waals surface area contributed by atoms with Crippen molar-refractivity contribution < 1.29 is 4.79 Å². The minimum Gasteiger partial charge on any atom is -0.325 e. The molecule has 0 aliphatic heterocycles. The number of hydrogen-bond acceptors (Lipinski definition) is 1. The van der Waals surface area contributed by atoms with Gasteiger partial charge < -0.3 is 5.32 Å². The van der Waals surface area contributed by atoms with Crippen LogP contribution < -0.4 is 5.32 Å². The first-order chi connectivity index (χ1) is 6.76. The van der Waals surface area contributed by atoms with Crippen LogP contribution in [0.25, 0.3) is 0 Å². The molecule has 0 spiro atoms. The molecule has 0 unspecified atom stereocenters. The first kappa shape index (κ1) is 11.5. The Morgan fingerprint density at radius 3 is 2.50 bits per heavy atom. The molecule has 3 heteroatoms. The Balaban J connectivity index is 2.59. The van der Waals surface area contributed by atoms with Crippen molar-refractivity contribution in [1.29, 1.82) is 0 Å². The van der Waals surface area contributed by atoms with Crippen LogP contribution in [0.4, 0.5) is 5.69 Å². The zero-order valence-corrected chi connectivity index (χ0v) is 10.4. The van der Waals surface area contributed by atoms with Crippen LogP contribution >= 0.6 is 22.6 Å². The Morgan fingerprint density at radius 1 is 1.36 bits per heavy atom. The van der Waals surface area contributed by atoms with Crippen LogP contribution in [-0.2, 0) is 11.2 Å². The highest BCUT2D eigenvalue weighted by molar-refractivity contribution is 14.1. The van der Waals surface area contributed by atoms with Gasteiger partial charge in [-0.15, -0.1) is 0 Å². The maximum atomic E-state index is 11.1. The Labute approximate surface area is 98.2 Å². The van der Waals surface area contributed by atoms with Crippen LogP contribution in [0.1, 0.15) is 18.9 Å². The van der Waals surface area contributed by atoms with E-state index in [9.17, 15) is 4.79 Å². The second-order valence-corrected chi connectivity index (χ2v) is 3.89. The third-order valence-corrected chi connectivity index (χ3v) is 2.59. The summed E-state index contributed by atoms with van der Waals surface area (Å²) in [5.41, 5.74) is 2.20. The molecular weight excluding hydrogens is 289 g/mol. The van der Waals surface area contributed by atoms with Gasteiger partial charge >= 0.3 is 0 Å². The van der Waals surface area contributed by atoms with Crippen LogP contribution in [0, 0.1) is 0 Å². The number of anilines is 1. The first-order valence-corrected chi connectivity index (χ1v) is 6.23. The molecule has 1 rings (SSSR count). The zero-order chi connectivity index (χ0) is 10.4. The van der Waals surface area contributed by atoms with E-state index in [0.717, 1.165) is 18.5 Å². The summed E-state index contributed by atoms with van der Waals surface area (Å²) in [5.74, 6) is 0.0499. The minimum absolute atomic E-state index is 0.0499. The van der Waals surface area contributed by atoms with Crippen molar-refractivity contribution in [1.82, 2.24) is 0 Å². The normalized spacial score (nSPS) is 9.86. The molecule has 0 saturated carbocycles. The number of benzene rings is 1. The molecule has 0 saturated heterocycles.